The van der Waals surface area contributed by atoms with Gasteiger partial charge >= 0.3 is 6.18 Å². The zero-order valence-corrected chi connectivity index (χ0v) is 15.1. The summed E-state index contributed by atoms with van der Waals surface area (Å²) in [5.41, 5.74) is 0.148. The van der Waals surface area contributed by atoms with Crippen molar-refractivity contribution in [2.45, 2.75) is 32.4 Å². The van der Waals surface area contributed by atoms with Crippen molar-refractivity contribution in [3.05, 3.63) is 59.7 Å². The van der Waals surface area contributed by atoms with Crippen LogP contribution >= 0.6 is 0 Å². The van der Waals surface area contributed by atoms with E-state index < -0.39 is 17.6 Å². The molecule has 0 saturated carbocycles. The average molecular weight is 390 g/mol. The first kappa shape index (κ1) is 19.5. The number of alkyl halides is 3. The van der Waals surface area contributed by atoms with E-state index in [0.717, 1.165) is 17.7 Å². The predicted molar refractivity (Wildman–Crippen MR) is 95.4 cm³/mol. The molecule has 0 aliphatic carbocycles. The zero-order valence-electron chi connectivity index (χ0n) is 15.1. The fraction of sp³-hybridized carbons (Fsp3) is 0.263. The van der Waals surface area contributed by atoms with E-state index in [1.807, 2.05) is 13.0 Å². The molecule has 0 spiro atoms. The Hall–Kier alpha value is -3.23. The molecule has 9 heteroatoms. The molecule has 28 heavy (non-hydrogen) atoms. The van der Waals surface area contributed by atoms with E-state index in [1.165, 1.54) is 6.07 Å². The summed E-state index contributed by atoms with van der Waals surface area (Å²) in [6, 6.07) is 6.56. The molecular formula is C19H17F3N4O2. The highest BCUT2D eigenvalue weighted by molar-refractivity contribution is 5.95. The lowest BCUT2D eigenvalue weighted by Gasteiger charge is -2.15. The smallest absolute Gasteiger partial charge is 0.334 e. The quantitative estimate of drug-likeness (QED) is 0.689. The molecule has 1 aromatic carbocycles. The first-order valence-electron chi connectivity index (χ1n) is 8.45. The van der Waals surface area contributed by atoms with E-state index in [-0.39, 0.29) is 29.5 Å². The van der Waals surface area contributed by atoms with Crippen molar-refractivity contribution in [2.75, 3.05) is 5.32 Å². The third-order valence-corrected chi connectivity index (χ3v) is 4.12. The number of pyridine rings is 1. The highest BCUT2D eigenvalue weighted by Crippen LogP contribution is 2.35. The Morgan fingerprint density at radius 2 is 2.07 bits per heavy atom. The lowest BCUT2D eigenvalue weighted by atomic mass is 9.99. The number of amides is 1. The lowest BCUT2D eigenvalue weighted by Crippen LogP contribution is -2.16. The van der Waals surface area contributed by atoms with Gasteiger partial charge in [-0.3, -0.25) is 9.78 Å². The molecule has 0 saturated heterocycles. The van der Waals surface area contributed by atoms with Gasteiger partial charge in [-0.15, -0.1) is 0 Å². The number of nitrogens with zero attached hydrogens (tertiary/aromatic N) is 3. The van der Waals surface area contributed by atoms with Gasteiger partial charge in [0, 0.05) is 18.8 Å². The normalized spacial score (nSPS) is 12.6. The van der Waals surface area contributed by atoms with Gasteiger partial charge in [0.1, 0.15) is 0 Å². The summed E-state index contributed by atoms with van der Waals surface area (Å²) in [6.07, 6.45) is -1.21. The van der Waals surface area contributed by atoms with Gasteiger partial charge < -0.3 is 9.84 Å². The molecule has 1 atom stereocenters. The van der Waals surface area contributed by atoms with Crippen molar-refractivity contribution in [3.8, 4) is 11.5 Å². The van der Waals surface area contributed by atoms with E-state index in [9.17, 15) is 18.0 Å². The molecule has 2 aromatic heterocycles. The molecule has 0 aliphatic heterocycles. The first-order chi connectivity index (χ1) is 13.2. The number of aromatic nitrogens is 3. The Balaban J connectivity index is 1.87. The second kappa shape index (κ2) is 7.79. The average Bonchev–Trinajstić information content (AvgIpc) is 3.07. The molecule has 0 fully saturated rings. The molecule has 6 nitrogen and oxygen atoms in total. The molecule has 0 bridgehead atoms. The van der Waals surface area contributed by atoms with Crippen LogP contribution in [0.25, 0.3) is 11.5 Å². The highest BCUT2D eigenvalue weighted by Gasteiger charge is 2.32. The minimum absolute atomic E-state index is 0.0295. The number of carbonyl (C=O) groups is 1. The Morgan fingerprint density at radius 3 is 2.68 bits per heavy atom. The number of anilines is 1. The molecule has 0 aliphatic rings. The van der Waals surface area contributed by atoms with E-state index in [1.54, 1.807) is 25.4 Å². The first-order valence-corrected chi connectivity index (χ1v) is 8.45. The maximum atomic E-state index is 13.1. The van der Waals surface area contributed by atoms with Crippen LogP contribution in [0.5, 0.6) is 0 Å². The minimum atomic E-state index is -4.55. The molecule has 1 unspecified atom stereocenters. The highest BCUT2D eigenvalue weighted by atomic mass is 19.4. The van der Waals surface area contributed by atoms with Crippen molar-refractivity contribution >= 4 is 11.6 Å². The number of carbonyl (C=O) groups excluding carboxylic acids is 1. The number of halogens is 3. The summed E-state index contributed by atoms with van der Waals surface area (Å²) in [5.74, 6) is -0.235. The second-order valence-electron chi connectivity index (χ2n) is 6.34. The molecule has 1 N–H and O–H groups in total. The fourth-order valence-electron chi connectivity index (χ4n) is 2.68. The summed E-state index contributed by atoms with van der Waals surface area (Å²) in [5, 5.41) is 6.19. The van der Waals surface area contributed by atoms with Crippen LogP contribution in [0.1, 0.15) is 36.2 Å². The summed E-state index contributed by atoms with van der Waals surface area (Å²) in [4.78, 5) is 20.5. The van der Waals surface area contributed by atoms with E-state index >= 15 is 0 Å². The van der Waals surface area contributed by atoms with Crippen LogP contribution in [0.15, 0.2) is 47.2 Å². The molecule has 146 valence electrons. The van der Waals surface area contributed by atoms with Crippen LogP contribution < -0.4 is 5.32 Å². The molecular weight excluding hydrogens is 373 g/mol. The molecule has 2 heterocycles. The second-order valence-corrected chi connectivity index (χ2v) is 6.34. The number of benzene rings is 1. The van der Waals surface area contributed by atoms with Crippen LogP contribution in [0.4, 0.5) is 18.9 Å². The van der Waals surface area contributed by atoms with Gasteiger partial charge in [0.25, 0.3) is 5.89 Å². The number of hydrogen-bond acceptors (Lipinski definition) is 5. The number of rotatable bonds is 5. The number of aryl methyl sites for hydroxylation is 1. The largest absolute Gasteiger partial charge is 0.416 e. The van der Waals surface area contributed by atoms with Crippen molar-refractivity contribution < 1.29 is 22.5 Å². The Kier molecular flexibility index (Phi) is 5.43. The topological polar surface area (TPSA) is 80.9 Å². The van der Waals surface area contributed by atoms with Crippen molar-refractivity contribution in [2.24, 2.45) is 0 Å². The van der Waals surface area contributed by atoms with Crippen molar-refractivity contribution in [1.82, 2.24) is 15.1 Å². The van der Waals surface area contributed by atoms with E-state index in [4.69, 9.17) is 4.52 Å². The van der Waals surface area contributed by atoms with E-state index in [0.29, 0.717) is 5.82 Å². The molecule has 3 rings (SSSR count). The summed E-state index contributed by atoms with van der Waals surface area (Å²) >= 11 is 0. The third-order valence-electron chi connectivity index (χ3n) is 4.12. The number of nitrogens with one attached hydrogen (secondary N) is 1. The maximum absolute atomic E-state index is 13.1. The lowest BCUT2D eigenvalue weighted by molar-refractivity contribution is -0.137. The zero-order chi connectivity index (χ0) is 20.3. The Bertz CT molecular complexity index is 971. The van der Waals surface area contributed by atoms with Crippen molar-refractivity contribution in [3.63, 3.8) is 0 Å². The van der Waals surface area contributed by atoms with Crippen molar-refractivity contribution in [1.29, 1.82) is 0 Å². The van der Waals surface area contributed by atoms with Crippen LogP contribution in [-0.2, 0) is 11.0 Å². The van der Waals surface area contributed by atoms with Crippen LogP contribution in [0.2, 0.25) is 0 Å². The van der Waals surface area contributed by atoms with Gasteiger partial charge in [0.05, 0.1) is 16.8 Å². The summed E-state index contributed by atoms with van der Waals surface area (Å²) < 4.78 is 44.4. The van der Waals surface area contributed by atoms with Gasteiger partial charge in [0.2, 0.25) is 5.91 Å². The van der Waals surface area contributed by atoms with E-state index in [2.05, 4.69) is 20.4 Å². The predicted octanol–water partition coefficient (Wildman–Crippen LogP) is 4.59. The Morgan fingerprint density at radius 1 is 1.29 bits per heavy atom. The number of hydrogen-bond donors (Lipinski definition) is 1. The Labute approximate surface area is 158 Å². The van der Waals surface area contributed by atoms with Gasteiger partial charge in [-0.25, -0.2) is 0 Å². The van der Waals surface area contributed by atoms with Gasteiger partial charge in [-0.05, 0) is 42.7 Å². The molecule has 1 amide bonds. The van der Waals surface area contributed by atoms with Crippen LogP contribution in [0.3, 0.4) is 0 Å². The monoisotopic (exact) mass is 390 g/mol. The summed E-state index contributed by atoms with van der Waals surface area (Å²) in [6.45, 7) is 3.43. The van der Waals surface area contributed by atoms with Gasteiger partial charge in [0.15, 0.2) is 5.82 Å². The van der Waals surface area contributed by atoms with Gasteiger partial charge in [-0.1, -0.05) is 18.1 Å². The van der Waals surface area contributed by atoms with Crippen LogP contribution in [-0.4, -0.2) is 21.0 Å². The third kappa shape index (κ3) is 4.54. The standard InChI is InChI=1S/C19H17F3N4O2/c1-11(13-4-3-7-23-10-13)8-17(27)25-16-9-14(19(20,21)22)5-6-15(16)18-24-12(2)26-28-18/h3-7,9-11H,8H2,1-2H3,(H,25,27). The fourth-order valence-corrected chi connectivity index (χ4v) is 2.68. The summed E-state index contributed by atoms with van der Waals surface area (Å²) in [7, 11) is 0. The molecule has 0 radical (unpaired) electrons. The van der Waals surface area contributed by atoms with Gasteiger partial charge in [-0.2, -0.15) is 18.2 Å². The van der Waals surface area contributed by atoms with Crippen LogP contribution in [0, 0.1) is 6.92 Å². The minimum Gasteiger partial charge on any atom is -0.334 e. The molecule has 3 aromatic rings. The SMILES string of the molecule is Cc1noc(-c2ccc(C(F)(F)F)cc2NC(=O)CC(C)c2cccnc2)n1. The maximum Gasteiger partial charge on any atom is 0.416 e.